The Balaban J connectivity index is 2.25. The maximum Gasteiger partial charge on any atom is 0.322 e. The van der Waals surface area contributed by atoms with Gasteiger partial charge in [0, 0.05) is 12.1 Å². The molecular formula is C17H17FN2O3. The number of hydrogen-bond acceptors (Lipinski definition) is 3. The van der Waals surface area contributed by atoms with Crippen molar-refractivity contribution in [2.45, 2.75) is 13.0 Å². The maximum absolute atomic E-state index is 13.8. The highest BCUT2D eigenvalue weighted by Gasteiger charge is 2.15. The van der Waals surface area contributed by atoms with Gasteiger partial charge < -0.3 is 16.2 Å². The number of carbonyl (C=O) groups excluding carboxylic acids is 1. The first-order chi connectivity index (χ1) is 10.9. The molecular weight excluding hydrogens is 299 g/mol. The minimum atomic E-state index is -1.22. The number of rotatable bonds is 5. The Morgan fingerprint density at radius 2 is 1.96 bits per heavy atom. The third-order valence-corrected chi connectivity index (χ3v) is 3.42. The van der Waals surface area contributed by atoms with Gasteiger partial charge in [-0.15, -0.1) is 0 Å². The number of aliphatic carboxylic acids is 1. The van der Waals surface area contributed by atoms with Crippen LogP contribution < -0.4 is 11.1 Å². The van der Waals surface area contributed by atoms with Crippen LogP contribution in [0.3, 0.4) is 0 Å². The number of carboxylic acids is 1. The molecule has 0 saturated carbocycles. The normalized spacial score (nSPS) is 11.8. The van der Waals surface area contributed by atoms with Crippen molar-refractivity contribution in [1.82, 2.24) is 5.32 Å². The average molecular weight is 316 g/mol. The number of hydrogen-bond donors (Lipinski definition) is 3. The Labute approximate surface area is 132 Å². The number of nitrogens with one attached hydrogen (secondary N) is 1. The Kier molecular flexibility index (Phi) is 5.08. The van der Waals surface area contributed by atoms with Gasteiger partial charge in [-0.3, -0.25) is 9.59 Å². The Morgan fingerprint density at radius 3 is 2.61 bits per heavy atom. The first-order valence-electron chi connectivity index (χ1n) is 7.01. The Hall–Kier alpha value is -2.73. The van der Waals surface area contributed by atoms with E-state index in [0.29, 0.717) is 5.56 Å². The van der Waals surface area contributed by atoms with E-state index in [4.69, 9.17) is 10.8 Å². The van der Waals surface area contributed by atoms with E-state index in [9.17, 15) is 14.0 Å². The smallest absolute Gasteiger partial charge is 0.322 e. The summed E-state index contributed by atoms with van der Waals surface area (Å²) in [6, 6.07) is 10.2. The Morgan fingerprint density at radius 1 is 1.26 bits per heavy atom. The van der Waals surface area contributed by atoms with E-state index in [2.05, 4.69) is 5.32 Å². The zero-order valence-corrected chi connectivity index (χ0v) is 12.5. The van der Waals surface area contributed by atoms with Gasteiger partial charge in [0.15, 0.2) is 0 Å². The van der Waals surface area contributed by atoms with Crippen LogP contribution in [-0.2, 0) is 4.79 Å². The molecule has 0 unspecified atom stereocenters. The van der Waals surface area contributed by atoms with Crippen molar-refractivity contribution in [3.63, 3.8) is 0 Å². The van der Waals surface area contributed by atoms with Crippen molar-refractivity contribution < 1.29 is 19.1 Å². The molecule has 6 heteroatoms. The summed E-state index contributed by atoms with van der Waals surface area (Å²) in [6.07, 6.45) is 0. The van der Waals surface area contributed by atoms with Crippen LogP contribution in [0.1, 0.15) is 15.9 Å². The SMILES string of the molecule is Cc1ccccc1-c1cc(F)cc(C(=O)NC[C@@H](N)C(=O)O)c1. The molecule has 1 atom stereocenters. The van der Waals surface area contributed by atoms with Crippen LogP contribution in [0.15, 0.2) is 42.5 Å². The standard InChI is InChI=1S/C17H17FN2O3/c1-10-4-2-3-5-14(10)11-6-12(8-13(18)7-11)16(21)20-9-15(19)17(22)23/h2-8,15H,9,19H2,1H3,(H,20,21)(H,22,23)/t15-/m1/s1. The van der Waals surface area contributed by atoms with E-state index in [-0.39, 0.29) is 12.1 Å². The van der Waals surface area contributed by atoms with Gasteiger partial charge in [0.1, 0.15) is 11.9 Å². The van der Waals surface area contributed by atoms with Crippen LogP contribution in [-0.4, -0.2) is 29.6 Å². The summed E-state index contributed by atoms with van der Waals surface area (Å²) in [5, 5.41) is 11.1. The molecule has 0 aliphatic carbocycles. The van der Waals surface area contributed by atoms with Gasteiger partial charge in [0.05, 0.1) is 0 Å². The second-order valence-electron chi connectivity index (χ2n) is 5.20. The molecule has 0 heterocycles. The average Bonchev–Trinajstić information content (AvgIpc) is 2.51. The lowest BCUT2D eigenvalue weighted by Gasteiger charge is -2.11. The highest BCUT2D eigenvalue weighted by Crippen LogP contribution is 2.25. The number of carboxylic acid groups (broad SMARTS) is 1. The molecule has 0 fully saturated rings. The molecule has 0 bridgehead atoms. The first-order valence-corrected chi connectivity index (χ1v) is 7.01. The maximum atomic E-state index is 13.8. The quantitative estimate of drug-likeness (QED) is 0.786. The number of aryl methyl sites for hydroxylation is 1. The monoisotopic (exact) mass is 316 g/mol. The zero-order valence-electron chi connectivity index (χ0n) is 12.5. The lowest BCUT2D eigenvalue weighted by atomic mass is 9.98. The number of halogens is 1. The molecule has 23 heavy (non-hydrogen) atoms. The molecule has 2 rings (SSSR count). The van der Waals surface area contributed by atoms with E-state index < -0.39 is 23.7 Å². The summed E-state index contributed by atoms with van der Waals surface area (Å²) in [4.78, 5) is 22.7. The number of carbonyl (C=O) groups is 2. The third kappa shape index (κ3) is 4.14. The van der Waals surface area contributed by atoms with Crippen molar-refractivity contribution in [3.05, 3.63) is 59.4 Å². The molecule has 0 aliphatic rings. The fourth-order valence-corrected chi connectivity index (χ4v) is 2.17. The fourth-order valence-electron chi connectivity index (χ4n) is 2.17. The summed E-state index contributed by atoms with van der Waals surface area (Å²) >= 11 is 0. The van der Waals surface area contributed by atoms with Crippen molar-refractivity contribution in [2.24, 2.45) is 5.73 Å². The summed E-state index contributed by atoms with van der Waals surface area (Å²) in [7, 11) is 0. The summed E-state index contributed by atoms with van der Waals surface area (Å²) in [5.74, 6) is -2.33. The van der Waals surface area contributed by atoms with Crippen molar-refractivity contribution in [1.29, 1.82) is 0 Å². The van der Waals surface area contributed by atoms with E-state index in [0.717, 1.165) is 17.2 Å². The van der Waals surface area contributed by atoms with Crippen molar-refractivity contribution in [3.8, 4) is 11.1 Å². The zero-order chi connectivity index (χ0) is 17.0. The van der Waals surface area contributed by atoms with Crippen LogP contribution in [0.2, 0.25) is 0 Å². The van der Waals surface area contributed by atoms with Crippen LogP contribution in [0.5, 0.6) is 0 Å². The van der Waals surface area contributed by atoms with Crippen molar-refractivity contribution >= 4 is 11.9 Å². The van der Waals surface area contributed by atoms with Crippen LogP contribution in [0.4, 0.5) is 4.39 Å². The molecule has 0 radical (unpaired) electrons. The van der Waals surface area contributed by atoms with E-state index in [1.807, 2.05) is 31.2 Å². The first kappa shape index (κ1) is 16.6. The van der Waals surface area contributed by atoms with E-state index in [1.54, 1.807) is 6.07 Å². The number of amides is 1. The molecule has 1 amide bonds. The second kappa shape index (κ2) is 7.02. The summed E-state index contributed by atoms with van der Waals surface area (Å²) in [5.41, 5.74) is 7.79. The molecule has 120 valence electrons. The number of nitrogens with two attached hydrogens (primary N) is 1. The number of benzene rings is 2. The predicted molar refractivity (Wildman–Crippen MR) is 84.5 cm³/mol. The minimum Gasteiger partial charge on any atom is -0.480 e. The van der Waals surface area contributed by atoms with Crippen LogP contribution in [0.25, 0.3) is 11.1 Å². The van der Waals surface area contributed by atoms with Crippen LogP contribution in [0, 0.1) is 12.7 Å². The van der Waals surface area contributed by atoms with Gasteiger partial charge in [0.2, 0.25) is 0 Å². The Bertz CT molecular complexity index is 746. The largest absolute Gasteiger partial charge is 0.480 e. The van der Waals surface area contributed by atoms with Gasteiger partial charge in [0.25, 0.3) is 5.91 Å². The molecule has 2 aromatic carbocycles. The molecule has 0 aliphatic heterocycles. The van der Waals surface area contributed by atoms with Gasteiger partial charge in [-0.25, -0.2) is 4.39 Å². The van der Waals surface area contributed by atoms with Crippen molar-refractivity contribution in [2.75, 3.05) is 6.54 Å². The topological polar surface area (TPSA) is 92.4 Å². The van der Waals surface area contributed by atoms with Crippen LogP contribution >= 0.6 is 0 Å². The lowest BCUT2D eigenvalue weighted by Crippen LogP contribution is -2.42. The second-order valence-corrected chi connectivity index (χ2v) is 5.20. The van der Waals surface area contributed by atoms with E-state index >= 15 is 0 Å². The minimum absolute atomic E-state index is 0.112. The molecule has 2 aromatic rings. The summed E-state index contributed by atoms with van der Waals surface area (Å²) in [6.45, 7) is 1.66. The van der Waals surface area contributed by atoms with Gasteiger partial charge >= 0.3 is 5.97 Å². The molecule has 0 saturated heterocycles. The highest BCUT2D eigenvalue weighted by atomic mass is 19.1. The molecule has 4 N–H and O–H groups in total. The third-order valence-electron chi connectivity index (χ3n) is 3.42. The van der Waals surface area contributed by atoms with E-state index in [1.165, 1.54) is 6.07 Å². The summed E-state index contributed by atoms with van der Waals surface area (Å²) < 4.78 is 13.8. The fraction of sp³-hybridized carbons (Fsp3) is 0.176. The predicted octanol–water partition coefficient (Wildman–Crippen LogP) is 1.94. The molecule has 0 spiro atoms. The molecule has 5 nitrogen and oxygen atoms in total. The molecule has 0 aromatic heterocycles. The lowest BCUT2D eigenvalue weighted by molar-refractivity contribution is -0.138. The van der Waals surface area contributed by atoms with Gasteiger partial charge in [-0.2, -0.15) is 0 Å². The van der Waals surface area contributed by atoms with Gasteiger partial charge in [-0.1, -0.05) is 24.3 Å². The van der Waals surface area contributed by atoms with Gasteiger partial charge in [-0.05, 0) is 41.8 Å². The highest BCUT2D eigenvalue weighted by molar-refractivity contribution is 5.96.